The van der Waals surface area contributed by atoms with Crippen LogP contribution >= 0.6 is 0 Å². The van der Waals surface area contributed by atoms with Crippen molar-refractivity contribution in [3.05, 3.63) is 29.8 Å². The molecule has 0 radical (unpaired) electrons. The average molecular weight is 276 g/mol. The van der Waals surface area contributed by atoms with Gasteiger partial charge in [0.2, 0.25) is 5.91 Å². The summed E-state index contributed by atoms with van der Waals surface area (Å²) >= 11 is 0. The van der Waals surface area contributed by atoms with Gasteiger partial charge in [0.05, 0.1) is 12.3 Å². The summed E-state index contributed by atoms with van der Waals surface area (Å²) in [5.74, 6) is -0.926. The Kier molecular flexibility index (Phi) is 4.74. The smallest absolute Gasteiger partial charge is 0.305 e. The zero-order chi connectivity index (χ0) is 14.5. The number of hydrogen-bond acceptors (Lipinski definition) is 3. The molecule has 1 amide bonds. The summed E-state index contributed by atoms with van der Waals surface area (Å²) in [6, 6.07) is 7.61. The first kappa shape index (κ1) is 14.5. The third kappa shape index (κ3) is 3.57. The van der Waals surface area contributed by atoms with E-state index in [1.54, 1.807) is 4.90 Å². The van der Waals surface area contributed by atoms with Gasteiger partial charge in [-0.25, -0.2) is 0 Å². The molecule has 2 rings (SSSR count). The van der Waals surface area contributed by atoms with Crippen molar-refractivity contribution in [1.29, 1.82) is 0 Å². The van der Waals surface area contributed by atoms with Crippen LogP contribution in [0.1, 0.15) is 18.4 Å². The second kappa shape index (κ2) is 6.52. The van der Waals surface area contributed by atoms with E-state index in [-0.39, 0.29) is 24.8 Å². The van der Waals surface area contributed by atoms with Crippen LogP contribution in [-0.2, 0) is 9.59 Å². The second-order valence-electron chi connectivity index (χ2n) is 5.16. The molecule has 1 aromatic carbocycles. The van der Waals surface area contributed by atoms with Crippen LogP contribution < -0.4 is 10.2 Å². The van der Waals surface area contributed by atoms with Crippen LogP contribution in [0.4, 0.5) is 5.69 Å². The van der Waals surface area contributed by atoms with E-state index >= 15 is 0 Å². The van der Waals surface area contributed by atoms with Crippen molar-refractivity contribution in [3.63, 3.8) is 0 Å². The van der Waals surface area contributed by atoms with Gasteiger partial charge >= 0.3 is 5.97 Å². The summed E-state index contributed by atoms with van der Waals surface area (Å²) in [7, 11) is 0. The molecule has 0 aliphatic carbocycles. The van der Waals surface area contributed by atoms with Crippen LogP contribution in [0, 0.1) is 12.8 Å². The van der Waals surface area contributed by atoms with Crippen LogP contribution in [0.15, 0.2) is 24.3 Å². The molecule has 0 aromatic heterocycles. The Labute approximate surface area is 118 Å². The van der Waals surface area contributed by atoms with Gasteiger partial charge in [0.1, 0.15) is 0 Å². The van der Waals surface area contributed by atoms with Crippen molar-refractivity contribution >= 4 is 17.6 Å². The van der Waals surface area contributed by atoms with Gasteiger partial charge in [-0.3, -0.25) is 9.59 Å². The maximum atomic E-state index is 12.5. The normalized spacial score (nSPS) is 17.9. The lowest BCUT2D eigenvalue weighted by atomic mass is 10.1. The number of nitrogens with zero attached hydrogens (tertiary/aromatic N) is 1. The van der Waals surface area contributed by atoms with Crippen LogP contribution in [0.5, 0.6) is 0 Å². The predicted molar refractivity (Wildman–Crippen MR) is 76.8 cm³/mol. The van der Waals surface area contributed by atoms with E-state index in [1.165, 1.54) is 0 Å². The van der Waals surface area contributed by atoms with E-state index in [0.29, 0.717) is 6.54 Å². The number of nitrogens with one attached hydrogen (secondary N) is 1. The molecule has 5 heteroatoms. The molecule has 1 aromatic rings. The van der Waals surface area contributed by atoms with Crippen LogP contribution in [0.2, 0.25) is 0 Å². The minimum Gasteiger partial charge on any atom is -0.481 e. The molecule has 5 nitrogen and oxygen atoms in total. The summed E-state index contributed by atoms with van der Waals surface area (Å²) < 4.78 is 0. The third-order valence-corrected chi connectivity index (χ3v) is 3.57. The lowest BCUT2D eigenvalue weighted by molar-refractivity contribution is -0.136. The minimum atomic E-state index is -0.889. The number of carboxylic acids is 1. The predicted octanol–water partition coefficient (Wildman–Crippen LogP) is 1.41. The lowest BCUT2D eigenvalue weighted by Crippen LogP contribution is -2.38. The maximum Gasteiger partial charge on any atom is 0.305 e. The van der Waals surface area contributed by atoms with Crippen molar-refractivity contribution in [2.45, 2.75) is 19.8 Å². The third-order valence-electron chi connectivity index (χ3n) is 3.57. The Balaban J connectivity index is 2.16. The molecule has 0 spiro atoms. The SMILES string of the molecule is Cc1ccc(N(CCC(=O)O)C(=O)C2CCNC2)cc1. The number of carbonyl (C=O) groups is 2. The second-order valence-corrected chi connectivity index (χ2v) is 5.16. The van der Waals surface area contributed by atoms with Crippen molar-refractivity contribution in [1.82, 2.24) is 5.32 Å². The highest BCUT2D eigenvalue weighted by Gasteiger charge is 2.28. The molecule has 1 atom stereocenters. The van der Waals surface area contributed by atoms with Gasteiger partial charge in [-0.05, 0) is 32.0 Å². The first-order valence-corrected chi connectivity index (χ1v) is 6.88. The number of carbonyl (C=O) groups excluding carboxylic acids is 1. The number of hydrogen-bond donors (Lipinski definition) is 2. The minimum absolute atomic E-state index is 0.0140. The van der Waals surface area contributed by atoms with Crippen molar-refractivity contribution in [2.75, 3.05) is 24.5 Å². The monoisotopic (exact) mass is 276 g/mol. The van der Waals surface area contributed by atoms with Crippen LogP contribution in [-0.4, -0.2) is 36.6 Å². The number of benzene rings is 1. The standard InChI is InChI=1S/C15H20N2O3/c1-11-2-4-13(5-3-11)17(9-7-14(18)19)15(20)12-6-8-16-10-12/h2-5,12,16H,6-10H2,1H3,(H,18,19). The number of aliphatic carboxylic acids is 1. The molecule has 1 aliphatic rings. The van der Waals surface area contributed by atoms with Gasteiger partial charge < -0.3 is 15.3 Å². The zero-order valence-electron chi connectivity index (χ0n) is 11.6. The van der Waals surface area contributed by atoms with Crippen molar-refractivity contribution < 1.29 is 14.7 Å². The van der Waals surface area contributed by atoms with Crippen LogP contribution in [0.25, 0.3) is 0 Å². The largest absolute Gasteiger partial charge is 0.481 e. The van der Waals surface area contributed by atoms with E-state index in [4.69, 9.17) is 5.11 Å². The molecule has 1 unspecified atom stereocenters. The highest BCUT2D eigenvalue weighted by molar-refractivity contribution is 5.95. The Hall–Kier alpha value is -1.88. The summed E-state index contributed by atoms with van der Waals surface area (Å²) in [5.41, 5.74) is 1.88. The summed E-state index contributed by atoms with van der Waals surface area (Å²) in [4.78, 5) is 24.9. The molecule has 1 saturated heterocycles. The van der Waals surface area contributed by atoms with Crippen molar-refractivity contribution in [2.24, 2.45) is 5.92 Å². The highest BCUT2D eigenvalue weighted by atomic mass is 16.4. The van der Waals surface area contributed by atoms with Gasteiger partial charge in [0.15, 0.2) is 0 Å². The summed E-state index contributed by atoms with van der Waals surface area (Å²) in [6.07, 6.45) is 0.772. The number of carboxylic acid groups (broad SMARTS) is 1. The summed E-state index contributed by atoms with van der Waals surface area (Å²) in [6.45, 7) is 3.72. The first-order valence-electron chi connectivity index (χ1n) is 6.88. The quantitative estimate of drug-likeness (QED) is 0.853. The number of anilines is 1. The van der Waals surface area contributed by atoms with Gasteiger partial charge in [0, 0.05) is 18.8 Å². The molecular formula is C15H20N2O3. The van der Waals surface area contributed by atoms with E-state index < -0.39 is 5.97 Å². The average Bonchev–Trinajstić information content (AvgIpc) is 2.94. The molecule has 1 aliphatic heterocycles. The van der Waals surface area contributed by atoms with Gasteiger partial charge in [-0.15, -0.1) is 0 Å². The molecule has 0 bridgehead atoms. The fourth-order valence-electron chi connectivity index (χ4n) is 2.38. The fraction of sp³-hybridized carbons (Fsp3) is 0.467. The Morgan fingerprint density at radius 3 is 2.60 bits per heavy atom. The number of aryl methyl sites for hydroxylation is 1. The topological polar surface area (TPSA) is 69.6 Å². The highest BCUT2D eigenvalue weighted by Crippen LogP contribution is 2.20. The first-order chi connectivity index (χ1) is 9.58. The molecular weight excluding hydrogens is 256 g/mol. The molecule has 20 heavy (non-hydrogen) atoms. The van der Waals surface area contributed by atoms with E-state index in [0.717, 1.165) is 24.2 Å². The van der Waals surface area contributed by atoms with Crippen molar-refractivity contribution in [3.8, 4) is 0 Å². The van der Waals surface area contributed by atoms with E-state index in [1.807, 2.05) is 31.2 Å². The Bertz CT molecular complexity index is 478. The van der Waals surface area contributed by atoms with Gasteiger partial charge in [-0.2, -0.15) is 0 Å². The molecule has 1 fully saturated rings. The van der Waals surface area contributed by atoms with Gasteiger partial charge in [-0.1, -0.05) is 17.7 Å². The summed E-state index contributed by atoms with van der Waals surface area (Å²) in [5, 5.41) is 12.0. The molecule has 1 heterocycles. The van der Waals surface area contributed by atoms with Gasteiger partial charge in [0.25, 0.3) is 0 Å². The zero-order valence-corrected chi connectivity index (χ0v) is 11.6. The maximum absolute atomic E-state index is 12.5. The fourth-order valence-corrected chi connectivity index (χ4v) is 2.38. The number of rotatable bonds is 5. The van der Waals surface area contributed by atoms with E-state index in [9.17, 15) is 9.59 Å². The molecule has 0 saturated carbocycles. The molecule has 108 valence electrons. The Morgan fingerprint density at radius 2 is 2.05 bits per heavy atom. The van der Waals surface area contributed by atoms with Crippen LogP contribution in [0.3, 0.4) is 0 Å². The Morgan fingerprint density at radius 1 is 1.35 bits per heavy atom. The number of amides is 1. The van der Waals surface area contributed by atoms with E-state index in [2.05, 4.69) is 5.32 Å². The lowest BCUT2D eigenvalue weighted by Gasteiger charge is -2.25. The molecule has 2 N–H and O–H groups in total.